The number of hydrogen-bond acceptors (Lipinski definition) is 6. The van der Waals surface area contributed by atoms with Gasteiger partial charge in [-0.15, -0.1) is 0 Å². The molecule has 0 saturated heterocycles. The average molecular weight is 383 g/mol. The van der Waals surface area contributed by atoms with Crippen LogP contribution in [0.25, 0.3) is 11.3 Å². The predicted molar refractivity (Wildman–Crippen MR) is 103 cm³/mol. The van der Waals surface area contributed by atoms with E-state index in [1.165, 1.54) is 18.9 Å². The first-order valence-electron chi connectivity index (χ1n) is 8.54. The van der Waals surface area contributed by atoms with Crippen LogP contribution in [0.3, 0.4) is 0 Å². The second-order valence-corrected chi connectivity index (χ2v) is 7.26. The Hall–Kier alpha value is -3.00. The maximum atomic E-state index is 12.9. The van der Waals surface area contributed by atoms with Crippen molar-refractivity contribution < 1.29 is 14.5 Å². The number of methoxy groups -OCH3 is 1. The second-order valence-electron chi connectivity index (χ2n) is 6.01. The summed E-state index contributed by atoms with van der Waals surface area (Å²) in [5.41, 5.74) is 2.75. The van der Waals surface area contributed by atoms with Gasteiger partial charge in [-0.25, -0.2) is 0 Å². The topological polar surface area (TPSA) is 91.1 Å². The summed E-state index contributed by atoms with van der Waals surface area (Å²) in [4.78, 5) is 15.7. The van der Waals surface area contributed by atoms with E-state index in [-0.39, 0.29) is 11.3 Å². The molecule has 0 radical (unpaired) electrons. The largest absolute Gasteiger partial charge is 0.504 e. The van der Waals surface area contributed by atoms with Crippen molar-refractivity contribution in [1.29, 1.82) is 0 Å². The van der Waals surface area contributed by atoms with Crippen molar-refractivity contribution in [3.05, 3.63) is 58.4 Å². The highest BCUT2D eigenvalue weighted by molar-refractivity contribution is 7.99. The Bertz CT molecular complexity index is 1070. The number of aromatic nitrogens is 3. The number of H-pyrrole nitrogens is 1. The van der Waals surface area contributed by atoms with E-state index < -0.39 is 6.17 Å². The van der Waals surface area contributed by atoms with Crippen molar-refractivity contribution >= 4 is 17.4 Å². The Morgan fingerprint density at radius 1 is 1.30 bits per heavy atom. The summed E-state index contributed by atoms with van der Waals surface area (Å²) in [5.74, 6) is 1.22. The molecule has 0 aliphatic carbocycles. The van der Waals surface area contributed by atoms with Gasteiger partial charge in [-0.3, -0.25) is 9.78 Å². The fourth-order valence-corrected chi connectivity index (χ4v) is 3.76. The van der Waals surface area contributed by atoms with E-state index in [4.69, 9.17) is 4.74 Å². The molecule has 1 atom stereocenters. The molecule has 0 bridgehead atoms. The third kappa shape index (κ3) is 3.02. The van der Waals surface area contributed by atoms with Crippen molar-refractivity contribution in [3.63, 3.8) is 0 Å². The Morgan fingerprint density at radius 3 is 2.89 bits per heavy atom. The zero-order chi connectivity index (χ0) is 19.0. The van der Waals surface area contributed by atoms with E-state index in [1.54, 1.807) is 22.9 Å². The number of thioether (sulfide) groups is 1. The minimum Gasteiger partial charge on any atom is -0.504 e. The SMILES string of the molecule is CCSc1n[n+]2c(c(=O)[nH]1)-c1ccccc1N[C@@H]2c1ccc(O)c(OC)c1. The first kappa shape index (κ1) is 17.4. The van der Waals surface area contributed by atoms with E-state index in [2.05, 4.69) is 15.4 Å². The minimum atomic E-state index is -0.414. The van der Waals surface area contributed by atoms with Crippen molar-refractivity contribution in [2.45, 2.75) is 18.2 Å². The molecule has 0 fully saturated rings. The third-order valence-electron chi connectivity index (χ3n) is 4.38. The fraction of sp³-hybridized carbons (Fsp3) is 0.211. The Kier molecular flexibility index (Phi) is 4.49. The molecule has 4 rings (SSSR count). The molecule has 0 saturated carbocycles. The molecule has 27 heavy (non-hydrogen) atoms. The number of fused-ring (bicyclic) bond motifs is 3. The van der Waals surface area contributed by atoms with E-state index in [0.29, 0.717) is 16.6 Å². The molecule has 8 heteroatoms. The van der Waals surface area contributed by atoms with Gasteiger partial charge >= 0.3 is 11.3 Å². The van der Waals surface area contributed by atoms with Crippen LogP contribution in [0, 0.1) is 0 Å². The van der Waals surface area contributed by atoms with Gasteiger partial charge in [0.2, 0.25) is 5.16 Å². The summed E-state index contributed by atoms with van der Waals surface area (Å²) in [6.07, 6.45) is -0.414. The van der Waals surface area contributed by atoms with Gasteiger partial charge in [0.15, 0.2) is 11.5 Å². The first-order chi connectivity index (χ1) is 13.1. The highest BCUT2D eigenvalue weighted by Crippen LogP contribution is 2.34. The van der Waals surface area contributed by atoms with Crippen LogP contribution in [0.5, 0.6) is 11.5 Å². The first-order valence-corrected chi connectivity index (χ1v) is 9.52. The van der Waals surface area contributed by atoms with Crippen LogP contribution in [0.4, 0.5) is 5.69 Å². The van der Waals surface area contributed by atoms with Crippen LogP contribution < -0.4 is 20.3 Å². The maximum absolute atomic E-state index is 12.9. The van der Waals surface area contributed by atoms with Crippen LogP contribution in [0.2, 0.25) is 0 Å². The number of para-hydroxylation sites is 1. The van der Waals surface area contributed by atoms with Gasteiger partial charge in [0, 0.05) is 10.7 Å². The number of phenols is 1. The standard InChI is InChI=1S/C19H18N4O3S/c1-3-27-19-21-18(25)16-12-6-4-5-7-13(12)20-17(23(16)22-19)11-8-9-14(24)15(10-11)26-2/h4-10,17H,3H2,1-2H3,(H2,21,22,24,25)/p+1/t17-/m0/s1. The van der Waals surface area contributed by atoms with E-state index in [9.17, 15) is 9.90 Å². The number of aromatic amines is 1. The van der Waals surface area contributed by atoms with Crippen LogP contribution in [-0.2, 0) is 0 Å². The van der Waals surface area contributed by atoms with Gasteiger partial charge in [-0.1, -0.05) is 30.8 Å². The smallest absolute Gasteiger partial charge is 0.325 e. The highest BCUT2D eigenvalue weighted by atomic mass is 32.2. The summed E-state index contributed by atoms with van der Waals surface area (Å²) >= 11 is 1.47. The fourth-order valence-electron chi connectivity index (χ4n) is 3.18. The number of rotatable bonds is 4. The highest BCUT2D eigenvalue weighted by Gasteiger charge is 2.37. The normalized spacial score (nSPS) is 14.8. The Labute approximate surface area is 160 Å². The lowest BCUT2D eigenvalue weighted by Crippen LogP contribution is -2.55. The lowest BCUT2D eigenvalue weighted by Gasteiger charge is -2.22. The van der Waals surface area contributed by atoms with Crippen molar-refractivity contribution in [2.24, 2.45) is 0 Å². The number of phenolic OH excluding ortho intramolecular Hbond substituents is 1. The van der Waals surface area contributed by atoms with Gasteiger partial charge in [0.05, 0.1) is 18.4 Å². The average Bonchev–Trinajstić information content (AvgIpc) is 2.68. The quantitative estimate of drug-likeness (QED) is 0.474. The lowest BCUT2D eigenvalue weighted by atomic mass is 10.0. The zero-order valence-corrected chi connectivity index (χ0v) is 15.7. The van der Waals surface area contributed by atoms with E-state index >= 15 is 0 Å². The van der Waals surface area contributed by atoms with Gasteiger partial charge in [-0.05, 0) is 40.8 Å². The number of ether oxygens (including phenoxy) is 1. The number of nitrogens with zero attached hydrogens (tertiary/aromatic N) is 2. The number of anilines is 1. The predicted octanol–water partition coefficient (Wildman–Crippen LogP) is 2.52. The molecule has 7 nitrogen and oxygen atoms in total. The van der Waals surface area contributed by atoms with Crippen molar-refractivity contribution in [1.82, 2.24) is 10.1 Å². The number of aromatic hydroxyl groups is 1. The van der Waals surface area contributed by atoms with Gasteiger partial charge in [-0.2, -0.15) is 0 Å². The molecule has 1 aromatic heterocycles. The van der Waals surface area contributed by atoms with Crippen LogP contribution in [0.1, 0.15) is 18.7 Å². The summed E-state index contributed by atoms with van der Waals surface area (Å²) < 4.78 is 6.94. The summed E-state index contributed by atoms with van der Waals surface area (Å²) in [5, 5.41) is 18.6. The molecule has 0 amide bonds. The van der Waals surface area contributed by atoms with Gasteiger partial charge < -0.3 is 15.2 Å². The molecular weight excluding hydrogens is 364 g/mol. The monoisotopic (exact) mass is 383 g/mol. The van der Waals surface area contributed by atoms with Gasteiger partial charge in [0.1, 0.15) is 0 Å². The molecule has 2 heterocycles. The molecule has 1 aliphatic heterocycles. The third-order valence-corrected chi connectivity index (χ3v) is 5.13. The number of benzene rings is 2. The molecule has 0 spiro atoms. The minimum absolute atomic E-state index is 0.0591. The number of nitrogens with one attached hydrogen (secondary N) is 2. The van der Waals surface area contributed by atoms with Crippen molar-refractivity contribution in [3.8, 4) is 22.8 Å². The zero-order valence-electron chi connectivity index (χ0n) is 14.9. The number of hydrogen-bond donors (Lipinski definition) is 3. The van der Waals surface area contributed by atoms with Crippen LogP contribution in [-0.4, -0.2) is 28.1 Å². The summed E-state index contributed by atoms with van der Waals surface area (Å²) in [7, 11) is 1.50. The summed E-state index contributed by atoms with van der Waals surface area (Å²) in [6, 6.07) is 12.7. The van der Waals surface area contributed by atoms with E-state index in [1.807, 2.05) is 31.2 Å². The molecular formula is C19H19N4O3S+. The van der Waals surface area contributed by atoms with Crippen LogP contribution >= 0.6 is 11.8 Å². The second kappa shape index (κ2) is 6.96. The molecule has 2 aromatic carbocycles. The Morgan fingerprint density at radius 2 is 2.11 bits per heavy atom. The maximum Gasteiger partial charge on any atom is 0.325 e. The molecule has 138 valence electrons. The molecule has 3 aromatic rings. The van der Waals surface area contributed by atoms with E-state index in [0.717, 1.165) is 22.6 Å². The molecule has 3 N–H and O–H groups in total. The van der Waals surface area contributed by atoms with Crippen LogP contribution in [0.15, 0.2) is 52.4 Å². The lowest BCUT2D eigenvalue weighted by molar-refractivity contribution is -0.759. The van der Waals surface area contributed by atoms with Crippen molar-refractivity contribution in [2.75, 3.05) is 18.2 Å². The molecule has 0 unspecified atom stereocenters. The molecule has 1 aliphatic rings. The van der Waals surface area contributed by atoms with Gasteiger partial charge in [0.25, 0.3) is 6.17 Å². The Balaban J connectivity index is 1.94. The summed E-state index contributed by atoms with van der Waals surface area (Å²) in [6.45, 7) is 2.00.